The van der Waals surface area contributed by atoms with Gasteiger partial charge in [-0.1, -0.05) is 20.8 Å². The molecule has 4 aliphatic carbocycles. The van der Waals surface area contributed by atoms with Gasteiger partial charge in [0.25, 0.3) is 0 Å². The third kappa shape index (κ3) is 2.81. The van der Waals surface area contributed by atoms with Crippen LogP contribution in [0.5, 0.6) is 0 Å². The van der Waals surface area contributed by atoms with E-state index in [1.54, 1.807) is 6.92 Å². The third-order valence-corrected chi connectivity index (χ3v) is 9.41. The Hall–Kier alpha value is -1.19. The summed E-state index contributed by atoms with van der Waals surface area (Å²) >= 11 is 0. The molecule has 4 fully saturated rings. The molecule has 0 bridgehead atoms. The molecule has 0 N–H and O–H groups in total. The van der Waals surface area contributed by atoms with Gasteiger partial charge in [0.1, 0.15) is 17.7 Å². The molecule has 0 radical (unpaired) electrons. The normalized spacial score (nSPS) is 50.3. The molecule has 1 unspecified atom stereocenters. The first-order valence-electron chi connectivity index (χ1n) is 11.3. The van der Waals surface area contributed by atoms with Crippen molar-refractivity contribution in [2.24, 2.45) is 46.3 Å². The molecule has 4 rings (SSSR count). The number of ketones is 2. The summed E-state index contributed by atoms with van der Waals surface area (Å²) in [7, 11) is 0. The molecule has 0 aliphatic heterocycles. The van der Waals surface area contributed by atoms with Crippen molar-refractivity contribution in [1.82, 2.24) is 0 Å². The van der Waals surface area contributed by atoms with E-state index in [-0.39, 0.29) is 40.5 Å². The first-order valence-corrected chi connectivity index (χ1v) is 11.3. The third-order valence-electron chi connectivity index (χ3n) is 9.41. The van der Waals surface area contributed by atoms with E-state index in [1.165, 1.54) is 6.92 Å². The SMILES string of the molecule is CC(=O)O[C@@H]1CC[C@@]2(C)C(CC[C@H]3[C@@H]4C[C@@H](C)[C@H](C(C)=O)[C@@]4(C)CC(=O)[C@@H]32)C1. The van der Waals surface area contributed by atoms with E-state index in [0.29, 0.717) is 35.9 Å². The standard InChI is InChI=1S/C24H36O4/c1-13-10-19-18-7-6-16-11-17(28-15(3)26)8-9-23(16,4)22(18)20(27)12-24(19,5)21(13)14(2)25/h13,16-19,21-22H,6-12H2,1-5H3/t13-,16?,17-,18+,19+,21-,22-,23+,24+/m1/s1. The first kappa shape index (κ1) is 20.1. The quantitative estimate of drug-likeness (QED) is 0.649. The summed E-state index contributed by atoms with van der Waals surface area (Å²) in [5.41, 5.74) is -0.128. The zero-order chi connectivity index (χ0) is 20.4. The van der Waals surface area contributed by atoms with E-state index in [4.69, 9.17) is 4.74 Å². The molecule has 0 aromatic carbocycles. The van der Waals surface area contributed by atoms with Crippen LogP contribution < -0.4 is 0 Å². The molecule has 156 valence electrons. The number of ether oxygens (including phenoxy) is 1. The van der Waals surface area contributed by atoms with Crippen LogP contribution in [0.2, 0.25) is 0 Å². The van der Waals surface area contributed by atoms with Crippen molar-refractivity contribution in [2.75, 3.05) is 0 Å². The lowest BCUT2D eigenvalue weighted by atomic mass is 9.44. The largest absolute Gasteiger partial charge is 0.463 e. The van der Waals surface area contributed by atoms with Crippen LogP contribution in [0.3, 0.4) is 0 Å². The van der Waals surface area contributed by atoms with Gasteiger partial charge in [-0.25, -0.2) is 0 Å². The van der Waals surface area contributed by atoms with Crippen LogP contribution in [-0.2, 0) is 19.1 Å². The van der Waals surface area contributed by atoms with E-state index in [9.17, 15) is 14.4 Å². The van der Waals surface area contributed by atoms with Crippen molar-refractivity contribution >= 4 is 17.5 Å². The number of fused-ring (bicyclic) bond motifs is 5. The molecular formula is C24H36O4. The highest BCUT2D eigenvalue weighted by Gasteiger charge is 2.65. The van der Waals surface area contributed by atoms with Gasteiger partial charge in [0.05, 0.1) is 0 Å². The maximum atomic E-state index is 13.6. The molecule has 4 saturated carbocycles. The van der Waals surface area contributed by atoms with Crippen molar-refractivity contribution < 1.29 is 19.1 Å². The predicted octanol–water partition coefficient (Wildman–Crippen LogP) is 4.59. The Labute approximate surface area is 169 Å². The lowest BCUT2D eigenvalue weighted by Crippen LogP contribution is -2.58. The van der Waals surface area contributed by atoms with Crippen LogP contribution in [0.1, 0.15) is 79.6 Å². The Morgan fingerprint density at radius 1 is 1.04 bits per heavy atom. The van der Waals surface area contributed by atoms with Crippen molar-refractivity contribution in [1.29, 1.82) is 0 Å². The van der Waals surface area contributed by atoms with Gasteiger partial charge in [0, 0.05) is 25.2 Å². The molecule has 0 heterocycles. The van der Waals surface area contributed by atoms with Crippen LogP contribution in [-0.4, -0.2) is 23.6 Å². The molecule has 0 spiro atoms. The second-order valence-electron chi connectivity index (χ2n) is 11.0. The van der Waals surface area contributed by atoms with Gasteiger partial charge >= 0.3 is 5.97 Å². The summed E-state index contributed by atoms with van der Waals surface area (Å²) in [5, 5.41) is 0. The fourth-order valence-corrected chi connectivity index (χ4v) is 8.61. The fourth-order valence-electron chi connectivity index (χ4n) is 8.61. The minimum absolute atomic E-state index is 0.0182. The summed E-state index contributed by atoms with van der Waals surface area (Å²) in [6, 6.07) is 0. The molecule has 0 aromatic rings. The molecule has 0 saturated heterocycles. The second kappa shape index (κ2) is 6.67. The zero-order valence-electron chi connectivity index (χ0n) is 18.1. The van der Waals surface area contributed by atoms with E-state index in [2.05, 4.69) is 20.8 Å². The van der Waals surface area contributed by atoms with Crippen LogP contribution >= 0.6 is 0 Å². The zero-order valence-corrected chi connectivity index (χ0v) is 18.1. The Bertz CT molecular complexity index is 699. The Morgan fingerprint density at radius 3 is 2.39 bits per heavy atom. The Kier molecular flexibility index (Phi) is 4.79. The van der Waals surface area contributed by atoms with Crippen LogP contribution in [0.15, 0.2) is 0 Å². The van der Waals surface area contributed by atoms with Gasteiger partial charge < -0.3 is 4.74 Å². The Morgan fingerprint density at radius 2 is 1.75 bits per heavy atom. The number of esters is 1. The summed E-state index contributed by atoms with van der Waals surface area (Å²) < 4.78 is 5.53. The number of carbonyl (C=O) groups excluding carboxylic acids is 3. The number of hydrogen-bond donors (Lipinski definition) is 0. The lowest BCUT2D eigenvalue weighted by Gasteiger charge is -2.59. The summed E-state index contributed by atoms with van der Waals surface area (Å²) in [6.07, 6.45) is 6.63. The smallest absolute Gasteiger partial charge is 0.302 e. The predicted molar refractivity (Wildman–Crippen MR) is 106 cm³/mol. The maximum Gasteiger partial charge on any atom is 0.302 e. The summed E-state index contributed by atoms with van der Waals surface area (Å²) in [6.45, 7) is 9.99. The number of hydrogen-bond acceptors (Lipinski definition) is 4. The monoisotopic (exact) mass is 388 g/mol. The minimum Gasteiger partial charge on any atom is -0.463 e. The molecule has 0 aromatic heterocycles. The molecular weight excluding hydrogens is 352 g/mol. The van der Waals surface area contributed by atoms with Crippen molar-refractivity contribution in [3.63, 3.8) is 0 Å². The topological polar surface area (TPSA) is 60.4 Å². The number of Topliss-reactive ketones (excluding diaryl/α,β-unsaturated/α-hetero) is 2. The molecule has 0 amide bonds. The molecule has 28 heavy (non-hydrogen) atoms. The van der Waals surface area contributed by atoms with E-state index in [0.717, 1.165) is 38.5 Å². The average molecular weight is 389 g/mol. The number of carbonyl (C=O) groups is 3. The minimum atomic E-state index is -0.193. The molecule has 4 nitrogen and oxygen atoms in total. The van der Waals surface area contributed by atoms with Gasteiger partial charge in [0.2, 0.25) is 0 Å². The van der Waals surface area contributed by atoms with Crippen molar-refractivity contribution in [3.05, 3.63) is 0 Å². The van der Waals surface area contributed by atoms with E-state index < -0.39 is 0 Å². The van der Waals surface area contributed by atoms with Gasteiger partial charge in [0.15, 0.2) is 0 Å². The van der Waals surface area contributed by atoms with E-state index in [1.807, 2.05) is 0 Å². The second-order valence-corrected chi connectivity index (χ2v) is 11.0. The molecule has 4 heteroatoms. The van der Waals surface area contributed by atoms with Crippen LogP contribution in [0.4, 0.5) is 0 Å². The lowest BCUT2D eigenvalue weighted by molar-refractivity contribution is -0.169. The van der Waals surface area contributed by atoms with Crippen molar-refractivity contribution in [2.45, 2.75) is 85.7 Å². The van der Waals surface area contributed by atoms with E-state index >= 15 is 0 Å². The summed E-state index contributed by atoms with van der Waals surface area (Å²) in [5.74, 6) is 2.39. The highest BCUT2D eigenvalue weighted by molar-refractivity contribution is 5.87. The van der Waals surface area contributed by atoms with Crippen LogP contribution in [0.25, 0.3) is 0 Å². The van der Waals surface area contributed by atoms with Crippen molar-refractivity contribution in [3.8, 4) is 0 Å². The van der Waals surface area contributed by atoms with Gasteiger partial charge in [-0.05, 0) is 80.0 Å². The molecule has 4 aliphatic rings. The number of rotatable bonds is 2. The fraction of sp³-hybridized carbons (Fsp3) is 0.875. The summed E-state index contributed by atoms with van der Waals surface area (Å²) in [4.78, 5) is 37.4. The highest BCUT2D eigenvalue weighted by Crippen LogP contribution is 2.67. The van der Waals surface area contributed by atoms with Gasteiger partial charge in [-0.15, -0.1) is 0 Å². The average Bonchev–Trinajstić information content (AvgIpc) is 2.84. The Balaban J connectivity index is 1.62. The van der Waals surface area contributed by atoms with Gasteiger partial charge in [-0.3, -0.25) is 14.4 Å². The van der Waals surface area contributed by atoms with Gasteiger partial charge in [-0.2, -0.15) is 0 Å². The van der Waals surface area contributed by atoms with Crippen LogP contribution in [0, 0.1) is 46.3 Å². The highest BCUT2D eigenvalue weighted by atomic mass is 16.5. The molecule has 9 atom stereocenters. The maximum absolute atomic E-state index is 13.6. The first-order chi connectivity index (χ1) is 13.1.